The molecule has 1 saturated carbocycles. The average molecular weight is 339 g/mol. The predicted molar refractivity (Wildman–Crippen MR) is 89.5 cm³/mol. The highest BCUT2D eigenvalue weighted by atomic mass is 32.1. The molecule has 1 heterocycles. The fourth-order valence-electron chi connectivity index (χ4n) is 3.03. The van der Waals surface area contributed by atoms with Crippen LogP contribution in [0.25, 0.3) is 0 Å². The SMILES string of the molecule is CCCCC1CCC(C(=O)Nc2nnc(CCC(=O)O)s2)CC1. The predicted octanol–water partition coefficient (Wildman–Crippen LogP) is 3.49. The van der Waals surface area contributed by atoms with Crippen LogP contribution in [0.1, 0.15) is 63.3 Å². The molecule has 0 bridgehead atoms. The van der Waals surface area contributed by atoms with E-state index in [1.165, 1.54) is 30.6 Å². The second kappa shape index (κ2) is 8.96. The van der Waals surface area contributed by atoms with Gasteiger partial charge in [-0.05, 0) is 31.6 Å². The second-order valence-electron chi connectivity index (χ2n) is 6.24. The molecule has 0 radical (unpaired) electrons. The molecule has 1 amide bonds. The lowest BCUT2D eigenvalue weighted by atomic mass is 9.79. The molecule has 1 aromatic rings. The van der Waals surface area contributed by atoms with Crippen LogP contribution in [-0.4, -0.2) is 27.2 Å². The quantitative estimate of drug-likeness (QED) is 0.756. The Balaban J connectivity index is 1.75. The number of hydrogen-bond donors (Lipinski definition) is 2. The molecule has 0 aromatic carbocycles. The van der Waals surface area contributed by atoms with Crippen molar-refractivity contribution in [3.63, 3.8) is 0 Å². The number of rotatable bonds is 8. The van der Waals surface area contributed by atoms with Gasteiger partial charge in [-0.1, -0.05) is 37.5 Å². The molecule has 0 atom stereocenters. The maximum atomic E-state index is 12.3. The van der Waals surface area contributed by atoms with E-state index in [-0.39, 0.29) is 18.2 Å². The minimum absolute atomic E-state index is 0.0277. The van der Waals surface area contributed by atoms with Gasteiger partial charge in [0.2, 0.25) is 11.0 Å². The molecule has 0 saturated heterocycles. The second-order valence-corrected chi connectivity index (χ2v) is 7.31. The van der Waals surface area contributed by atoms with Crippen molar-refractivity contribution < 1.29 is 14.7 Å². The van der Waals surface area contributed by atoms with Gasteiger partial charge in [0, 0.05) is 12.3 Å². The van der Waals surface area contributed by atoms with Gasteiger partial charge in [-0.2, -0.15) is 0 Å². The van der Waals surface area contributed by atoms with Crippen LogP contribution in [0.2, 0.25) is 0 Å². The number of anilines is 1. The molecular weight excluding hydrogens is 314 g/mol. The summed E-state index contributed by atoms with van der Waals surface area (Å²) in [6.07, 6.45) is 8.36. The van der Waals surface area contributed by atoms with E-state index < -0.39 is 5.97 Å². The van der Waals surface area contributed by atoms with E-state index >= 15 is 0 Å². The lowest BCUT2D eigenvalue weighted by molar-refractivity contribution is -0.137. The summed E-state index contributed by atoms with van der Waals surface area (Å²) in [6.45, 7) is 2.21. The molecule has 2 rings (SSSR count). The number of carbonyl (C=O) groups is 2. The molecule has 0 spiro atoms. The Hall–Kier alpha value is -1.50. The van der Waals surface area contributed by atoms with E-state index in [2.05, 4.69) is 22.4 Å². The Kier molecular flexibility index (Phi) is 6.95. The summed E-state index contributed by atoms with van der Waals surface area (Å²) in [6, 6.07) is 0. The number of nitrogens with zero attached hydrogens (tertiary/aromatic N) is 2. The molecule has 128 valence electrons. The normalized spacial score (nSPS) is 21.1. The van der Waals surface area contributed by atoms with Gasteiger partial charge < -0.3 is 10.4 Å². The summed E-state index contributed by atoms with van der Waals surface area (Å²) in [5.74, 6) is 0.0212. The molecule has 1 fully saturated rings. The molecule has 7 heteroatoms. The Morgan fingerprint density at radius 1 is 1.26 bits per heavy atom. The zero-order valence-electron chi connectivity index (χ0n) is 13.6. The van der Waals surface area contributed by atoms with Crippen LogP contribution >= 0.6 is 11.3 Å². The summed E-state index contributed by atoms with van der Waals surface area (Å²) in [5, 5.41) is 20.5. The van der Waals surface area contributed by atoms with E-state index in [1.54, 1.807) is 0 Å². The molecule has 1 aliphatic rings. The zero-order chi connectivity index (χ0) is 16.7. The van der Waals surface area contributed by atoms with Crippen molar-refractivity contribution in [1.82, 2.24) is 10.2 Å². The number of aryl methyl sites for hydroxylation is 1. The highest BCUT2D eigenvalue weighted by Crippen LogP contribution is 2.32. The van der Waals surface area contributed by atoms with Crippen LogP contribution in [0, 0.1) is 11.8 Å². The molecule has 1 aromatic heterocycles. The highest BCUT2D eigenvalue weighted by molar-refractivity contribution is 7.15. The Morgan fingerprint density at radius 2 is 2.00 bits per heavy atom. The van der Waals surface area contributed by atoms with Gasteiger partial charge >= 0.3 is 5.97 Å². The number of aromatic nitrogens is 2. The minimum Gasteiger partial charge on any atom is -0.481 e. The van der Waals surface area contributed by atoms with E-state index in [9.17, 15) is 9.59 Å². The lowest BCUT2D eigenvalue weighted by Gasteiger charge is -2.27. The number of hydrogen-bond acceptors (Lipinski definition) is 5. The van der Waals surface area contributed by atoms with Crippen LogP contribution < -0.4 is 5.32 Å². The Morgan fingerprint density at radius 3 is 2.65 bits per heavy atom. The van der Waals surface area contributed by atoms with Crippen molar-refractivity contribution in [1.29, 1.82) is 0 Å². The van der Waals surface area contributed by atoms with Crippen molar-refractivity contribution in [2.45, 2.75) is 64.7 Å². The van der Waals surface area contributed by atoms with Gasteiger partial charge in [-0.15, -0.1) is 10.2 Å². The Bertz CT molecular complexity index is 524. The van der Waals surface area contributed by atoms with Gasteiger partial charge in [-0.25, -0.2) is 0 Å². The first-order chi connectivity index (χ1) is 11.1. The van der Waals surface area contributed by atoms with Crippen molar-refractivity contribution in [3.05, 3.63) is 5.01 Å². The first-order valence-corrected chi connectivity index (χ1v) is 9.25. The van der Waals surface area contributed by atoms with Crippen molar-refractivity contribution >= 4 is 28.3 Å². The third-order valence-electron chi connectivity index (χ3n) is 4.43. The van der Waals surface area contributed by atoms with Gasteiger partial charge in [0.1, 0.15) is 5.01 Å². The van der Waals surface area contributed by atoms with Crippen molar-refractivity contribution in [2.75, 3.05) is 5.32 Å². The molecule has 0 aliphatic heterocycles. The van der Waals surface area contributed by atoms with Crippen molar-refractivity contribution in [3.8, 4) is 0 Å². The summed E-state index contributed by atoms with van der Waals surface area (Å²) < 4.78 is 0. The molecule has 1 aliphatic carbocycles. The Labute approximate surface area is 140 Å². The number of carboxylic acid groups (broad SMARTS) is 1. The largest absolute Gasteiger partial charge is 0.481 e. The number of carbonyl (C=O) groups excluding carboxylic acids is 1. The number of aliphatic carboxylic acids is 1. The molecule has 23 heavy (non-hydrogen) atoms. The number of nitrogens with one attached hydrogen (secondary N) is 1. The van der Waals surface area contributed by atoms with E-state index in [0.29, 0.717) is 16.6 Å². The van der Waals surface area contributed by atoms with Crippen LogP contribution in [-0.2, 0) is 16.0 Å². The van der Waals surface area contributed by atoms with Crippen LogP contribution in [0.4, 0.5) is 5.13 Å². The van der Waals surface area contributed by atoms with Gasteiger partial charge in [0.05, 0.1) is 6.42 Å². The molecule has 0 unspecified atom stereocenters. The topological polar surface area (TPSA) is 92.2 Å². The van der Waals surface area contributed by atoms with E-state index in [1.807, 2.05) is 0 Å². The highest BCUT2D eigenvalue weighted by Gasteiger charge is 2.26. The smallest absolute Gasteiger partial charge is 0.303 e. The summed E-state index contributed by atoms with van der Waals surface area (Å²) in [7, 11) is 0. The third-order valence-corrected chi connectivity index (χ3v) is 5.33. The van der Waals surface area contributed by atoms with Crippen LogP contribution in [0.15, 0.2) is 0 Å². The van der Waals surface area contributed by atoms with Gasteiger partial charge in [0.15, 0.2) is 0 Å². The number of amides is 1. The minimum atomic E-state index is -0.856. The van der Waals surface area contributed by atoms with Crippen LogP contribution in [0.5, 0.6) is 0 Å². The van der Waals surface area contributed by atoms with Crippen LogP contribution in [0.3, 0.4) is 0 Å². The van der Waals surface area contributed by atoms with E-state index in [0.717, 1.165) is 31.6 Å². The first kappa shape index (κ1) is 17.8. The van der Waals surface area contributed by atoms with Gasteiger partial charge in [-0.3, -0.25) is 9.59 Å². The lowest BCUT2D eigenvalue weighted by Crippen LogP contribution is -2.27. The molecule has 2 N–H and O–H groups in total. The van der Waals surface area contributed by atoms with Crippen molar-refractivity contribution in [2.24, 2.45) is 11.8 Å². The maximum Gasteiger partial charge on any atom is 0.303 e. The summed E-state index contributed by atoms with van der Waals surface area (Å²) in [5.41, 5.74) is 0. The third kappa shape index (κ3) is 5.89. The fourth-order valence-corrected chi connectivity index (χ4v) is 3.77. The first-order valence-electron chi connectivity index (χ1n) is 8.43. The number of carboxylic acids is 1. The molecule has 6 nitrogen and oxygen atoms in total. The van der Waals surface area contributed by atoms with Gasteiger partial charge in [0.25, 0.3) is 0 Å². The number of unbranched alkanes of at least 4 members (excludes halogenated alkanes) is 1. The maximum absolute atomic E-state index is 12.3. The standard InChI is InChI=1S/C16H25N3O3S/c1-2-3-4-11-5-7-12(8-6-11)15(22)17-16-19-18-13(23-16)9-10-14(20)21/h11-12H,2-10H2,1H3,(H,20,21)(H,17,19,22). The zero-order valence-corrected chi connectivity index (χ0v) is 14.4. The average Bonchev–Trinajstić information content (AvgIpc) is 2.99. The molecular formula is C16H25N3O3S. The summed E-state index contributed by atoms with van der Waals surface area (Å²) >= 11 is 1.26. The monoisotopic (exact) mass is 339 g/mol. The fraction of sp³-hybridized carbons (Fsp3) is 0.750. The van der Waals surface area contributed by atoms with E-state index in [4.69, 9.17) is 5.11 Å². The summed E-state index contributed by atoms with van der Waals surface area (Å²) in [4.78, 5) is 22.8.